The zero-order valence-corrected chi connectivity index (χ0v) is 13.8. The van der Waals surface area contributed by atoms with Crippen LogP contribution in [0.4, 0.5) is 0 Å². The summed E-state index contributed by atoms with van der Waals surface area (Å²) in [5.74, 6) is 0.590. The van der Waals surface area contributed by atoms with Crippen LogP contribution in [0.2, 0.25) is 0 Å². The largest absolute Gasteiger partial charge is 0.496 e. The first-order chi connectivity index (χ1) is 9.03. The van der Waals surface area contributed by atoms with E-state index in [1.807, 2.05) is 0 Å². The second kappa shape index (κ2) is 6.41. The highest BCUT2D eigenvalue weighted by atomic mass is 127. The maximum absolute atomic E-state index is 12.3. The van der Waals surface area contributed by atoms with Gasteiger partial charge in [0.2, 0.25) is 10.0 Å². The van der Waals surface area contributed by atoms with Gasteiger partial charge in [0.25, 0.3) is 0 Å². The molecule has 0 saturated heterocycles. The van der Waals surface area contributed by atoms with E-state index in [-0.39, 0.29) is 10.9 Å². The average Bonchev–Trinajstić information content (AvgIpc) is 2.39. The van der Waals surface area contributed by atoms with Crippen molar-refractivity contribution in [2.45, 2.75) is 43.0 Å². The fourth-order valence-corrected chi connectivity index (χ4v) is 4.19. The van der Waals surface area contributed by atoms with Crippen molar-refractivity contribution in [2.24, 2.45) is 0 Å². The molecule has 2 rings (SSSR count). The molecule has 0 radical (unpaired) electrons. The van der Waals surface area contributed by atoms with Crippen LogP contribution in [0.1, 0.15) is 32.1 Å². The first-order valence-electron chi connectivity index (χ1n) is 6.39. The molecule has 1 N–H and O–H groups in total. The fraction of sp³-hybridized carbons (Fsp3) is 0.538. The number of benzene rings is 1. The van der Waals surface area contributed by atoms with Gasteiger partial charge in [0.05, 0.1) is 15.6 Å². The van der Waals surface area contributed by atoms with Crippen LogP contribution in [0, 0.1) is 3.57 Å². The van der Waals surface area contributed by atoms with Gasteiger partial charge in [-0.25, -0.2) is 13.1 Å². The van der Waals surface area contributed by atoms with Crippen LogP contribution in [0.25, 0.3) is 0 Å². The molecule has 1 fully saturated rings. The van der Waals surface area contributed by atoms with Crippen LogP contribution < -0.4 is 9.46 Å². The monoisotopic (exact) mass is 395 g/mol. The minimum Gasteiger partial charge on any atom is -0.496 e. The molecule has 1 aromatic rings. The Bertz CT molecular complexity index is 539. The number of methoxy groups -OCH3 is 1. The van der Waals surface area contributed by atoms with Gasteiger partial charge in [0, 0.05) is 12.1 Å². The molecule has 4 nitrogen and oxygen atoms in total. The van der Waals surface area contributed by atoms with Crippen molar-refractivity contribution >= 4 is 32.6 Å². The van der Waals surface area contributed by atoms with Gasteiger partial charge in [-0.05, 0) is 47.6 Å². The molecule has 106 valence electrons. The number of rotatable bonds is 4. The summed E-state index contributed by atoms with van der Waals surface area (Å²) >= 11 is 2.12. The number of halogens is 1. The highest BCUT2D eigenvalue weighted by Crippen LogP contribution is 2.25. The van der Waals surface area contributed by atoms with E-state index in [4.69, 9.17) is 4.74 Å². The molecule has 0 aromatic heterocycles. The Hall–Kier alpha value is -0.340. The van der Waals surface area contributed by atoms with Crippen molar-refractivity contribution in [1.29, 1.82) is 0 Å². The molecule has 0 spiro atoms. The molecule has 0 heterocycles. The van der Waals surface area contributed by atoms with E-state index in [1.165, 1.54) is 6.42 Å². The van der Waals surface area contributed by atoms with Crippen molar-refractivity contribution < 1.29 is 13.2 Å². The number of hydrogen-bond acceptors (Lipinski definition) is 3. The number of hydrogen-bond donors (Lipinski definition) is 1. The van der Waals surface area contributed by atoms with Gasteiger partial charge >= 0.3 is 0 Å². The minimum atomic E-state index is -3.44. The van der Waals surface area contributed by atoms with Crippen LogP contribution in [0.3, 0.4) is 0 Å². The first kappa shape index (κ1) is 15.1. The lowest BCUT2D eigenvalue weighted by molar-refractivity contribution is 0.407. The lowest BCUT2D eigenvalue weighted by atomic mass is 9.96. The van der Waals surface area contributed by atoms with Gasteiger partial charge in [-0.15, -0.1) is 0 Å². The smallest absolute Gasteiger partial charge is 0.240 e. The van der Waals surface area contributed by atoms with E-state index in [9.17, 15) is 8.42 Å². The third kappa shape index (κ3) is 3.82. The average molecular weight is 395 g/mol. The standard InChI is InChI=1S/C13H18INO3S/c1-18-13-9-11(7-8-12(13)14)19(16,17)15-10-5-3-2-4-6-10/h7-10,15H,2-6H2,1H3. The first-order valence-corrected chi connectivity index (χ1v) is 8.95. The maximum atomic E-state index is 12.3. The molecule has 1 saturated carbocycles. The third-order valence-electron chi connectivity index (χ3n) is 3.36. The SMILES string of the molecule is COc1cc(S(=O)(=O)NC2CCCCC2)ccc1I. The quantitative estimate of drug-likeness (QED) is 0.798. The topological polar surface area (TPSA) is 55.4 Å². The third-order valence-corrected chi connectivity index (χ3v) is 5.77. The van der Waals surface area contributed by atoms with Gasteiger partial charge in [-0.3, -0.25) is 0 Å². The van der Waals surface area contributed by atoms with E-state index in [0.29, 0.717) is 5.75 Å². The molecular weight excluding hydrogens is 377 g/mol. The molecule has 1 aromatic carbocycles. The Balaban J connectivity index is 2.18. The van der Waals surface area contributed by atoms with Crippen molar-refractivity contribution in [3.8, 4) is 5.75 Å². The number of ether oxygens (including phenoxy) is 1. The van der Waals surface area contributed by atoms with E-state index in [2.05, 4.69) is 27.3 Å². The van der Waals surface area contributed by atoms with E-state index < -0.39 is 10.0 Å². The predicted octanol–water partition coefficient (Wildman–Crippen LogP) is 2.91. The zero-order valence-electron chi connectivity index (χ0n) is 10.9. The molecule has 0 amide bonds. The van der Waals surface area contributed by atoms with Crippen molar-refractivity contribution in [2.75, 3.05) is 7.11 Å². The predicted molar refractivity (Wildman–Crippen MR) is 82.9 cm³/mol. The molecule has 1 aliphatic carbocycles. The molecule has 1 aliphatic rings. The lowest BCUT2D eigenvalue weighted by Crippen LogP contribution is -2.36. The van der Waals surface area contributed by atoms with Gasteiger partial charge in [-0.2, -0.15) is 0 Å². The summed E-state index contributed by atoms with van der Waals surface area (Å²) < 4.78 is 33.5. The van der Waals surface area contributed by atoms with Crippen LogP contribution in [-0.4, -0.2) is 21.6 Å². The molecular formula is C13H18INO3S. The van der Waals surface area contributed by atoms with E-state index in [1.54, 1.807) is 25.3 Å². The summed E-state index contributed by atoms with van der Waals surface area (Å²) in [6, 6.07) is 5.03. The van der Waals surface area contributed by atoms with Crippen molar-refractivity contribution in [1.82, 2.24) is 4.72 Å². The summed E-state index contributed by atoms with van der Waals surface area (Å²) in [6.07, 6.45) is 5.27. The molecule has 0 atom stereocenters. The summed E-state index contributed by atoms with van der Waals surface area (Å²) in [7, 11) is -1.90. The number of nitrogens with one attached hydrogen (secondary N) is 1. The van der Waals surface area contributed by atoms with Crippen LogP contribution in [0.5, 0.6) is 5.75 Å². The zero-order chi connectivity index (χ0) is 13.9. The van der Waals surface area contributed by atoms with E-state index >= 15 is 0 Å². The Kier molecular flexibility index (Phi) is 5.08. The molecule has 0 unspecified atom stereocenters. The minimum absolute atomic E-state index is 0.0732. The molecule has 6 heteroatoms. The van der Waals surface area contributed by atoms with Crippen molar-refractivity contribution in [3.63, 3.8) is 0 Å². The summed E-state index contributed by atoms with van der Waals surface area (Å²) in [6.45, 7) is 0. The van der Waals surface area contributed by atoms with Crippen LogP contribution in [0.15, 0.2) is 23.1 Å². The van der Waals surface area contributed by atoms with Gasteiger partial charge < -0.3 is 4.74 Å². The molecule has 19 heavy (non-hydrogen) atoms. The van der Waals surface area contributed by atoms with Crippen LogP contribution >= 0.6 is 22.6 Å². The van der Waals surface area contributed by atoms with E-state index in [0.717, 1.165) is 29.3 Å². The summed E-state index contributed by atoms with van der Waals surface area (Å²) in [4.78, 5) is 0.273. The van der Waals surface area contributed by atoms with Crippen LogP contribution in [-0.2, 0) is 10.0 Å². The second-order valence-electron chi connectivity index (χ2n) is 4.75. The fourth-order valence-electron chi connectivity index (χ4n) is 2.32. The van der Waals surface area contributed by atoms with Crippen molar-refractivity contribution in [3.05, 3.63) is 21.8 Å². The van der Waals surface area contributed by atoms with Gasteiger partial charge in [-0.1, -0.05) is 19.3 Å². The lowest BCUT2D eigenvalue weighted by Gasteiger charge is -2.22. The van der Waals surface area contributed by atoms with Gasteiger partial charge in [0.15, 0.2) is 0 Å². The molecule has 0 bridgehead atoms. The highest BCUT2D eigenvalue weighted by Gasteiger charge is 2.22. The van der Waals surface area contributed by atoms with Gasteiger partial charge in [0.1, 0.15) is 5.75 Å². The molecule has 0 aliphatic heterocycles. The Morgan fingerprint density at radius 2 is 1.95 bits per heavy atom. The summed E-state index contributed by atoms with van der Waals surface area (Å²) in [5, 5.41) is 0. The summed E-state index contributed by atoms with van der Waals surface area (Å²) in [5.41, 5.74) is 0. The Morgan fingerprint density at radius 1 is 1.26 bits per heavy atom. The Labute approximate surface area is 128 Å². The second-order valence-corrected chi connectivity index (χ2v) is 7.63. The normalized spacial score (nSPS) is 17.4. The maximum Gasteiger partial charge on any atom is 0.240 e. The highest BCUT2D eigenvalue weighted by molar-refractivity contribution is 14.1. The number of sulfonamides is 1. The Morgan fingerprint density at radius 3 is 2.58 bits per heavy atom.